The smallest absolute Gasteiger partial charge is 0.214 e. The van der Waals surface area contributed by atoms with Crippen LogP contribution < -0.4 is 4.72 Å². The number of fused-ring (bicyclic) bond motifs is 1. The van der Waals surface area contributed by atoms with Crippen molar-refractivity contribution >= 4 is 26.0 Å². The van der Waals surface area contributed by atoms with Gasteiger partial charge in [0.15, 0.2) is 0 Å². The van der Waals surface area contributed by atoms with Gasteiger partial charge in [0.25, 0.3) is 0 Å². The van der Waals surface area contributed by atoms with Crippen LogP contribution in [0.5, 0.6) is 0 Å². The maximum atomic E-state index is 12.0. The molecule has 0 spiro atoms. The van der Waals surface area contributed by atoms with Crippen molar-refractivity contribution in [1.29, 1.82) is 0 Å². The molecule has 1 N–H and O–H groups in total. The van der Waals surface area contributed by atoms with Gasteiger partial charge in [0.2, 0.25) is 10.0 Å². The molecule has 1 aromatic carbocycles. The summed E-state index contributed by atoms with van der Waals surface area (Å²) in [6.07, 6.45) is 0.842. The second-order valence-corrected chi connectivity index (χ2v) is 7.58. The van der Waals surface area contributed by atoms with Gasteiger partial charge < -0.3 is 4.74 Å². The number of hydrogen-bond acceptors (Lipinski definition) is 3. The monoisotopic (exact) mass is 347 g/mol. The summed E-state index contributed by atoms with van der Waals surface area (Å²) in [7, 11) is -3.32. The Labute approximate surface area is 122 Å². The molecule has 2 rings (SSSR count). The molecule has 0 heterocycles. The lowest BCUT2D eigenvalue weighted by Gasteiger charge is -2.17. The van der Waals surface area contributed by atoms with Crippen molar-refractivity contribution in [1.82, 2.24) is 4.72 Å². The zero-order valence-corrected chi connectivity index (χ0v) is 13.2. The highest BCUT2D eigenvalue weighted by molar-refractivity contribution is 9.09. The predicted molar refractivity (Wildman–Crippen MR) is 79.0 cm³/mol. The van der Waals surface area contributed by atoms with E-state index >= 15 is 0 Å². The van der Waals surface area contributed by atoms with E-state index in [4.69, 9.17) is 4.74 Å². The molecule has 2 atom stereocenters. The summed E-state index contributed by atoms with van der Waals surface area (Å²) in [6.45, 7) is 2.61. The average molecular weight is 348 g/mol. The first-order chi connectivity index (χ1) is 9.03. The molecule has 0 aliphatic heterocycles. The molecule has 0 fully saturated rings. The van der Waals surface area contributed by atoms with Crippen LogP contribution in [-0.2, 0) is 21.2 Å². The molecule has 0 bridgehead atoms. The maximum absolute atomic E-state index is 12.0. The molecule has 0 aromatic heterocycles. The number of alkyl halides is 1. The van der Waals surface area contributed by atoms with E-state index in [0.717, 1.165) is 12.0 Å². The van der Waals surface area contributed by atoms with Crippen molar-refractivity contribution in [3.63, 3.8) is 0 Å². The molecule has 0 saturated carbocycles. The van der Waals surface area contributed by atoms with Crippen LogP contribution in [0.15, 0.2) is 24.3 Å². The van der Waals surface area contributed by atoms with Gasteiger partial charge in [-0.05, 0) is 24.5 Å². The second-order valence-electron chi connectivity index (χ2n) is 4.53. The van der Waals surface area contributed by atoms with Gasteiger partial charge in [-0.1, -0.05) is 40.2 Å². The van der Waals surface area contributed by atoms with E-state index in [2.05, 4.69) is 20.7 Å². The fraction of sp³-hybridized carbons (Fsp3) is 0.538. The van der Waals surface area contributed by atoms with E-state index < -0.39 is 10.0 Å². The van der Waals surface area contributed by atoms with Crippen LogP contribution in [0.2, 0.25) is 0 Å². The zero-order chi connectivity index (χ0) is 13.9. The highest BCUT2D eigenvalue weighted by atomic mass is 79.9. The molecule has 0 saturated heterocycles. The Morgan fingerprint density at radius 2 is 2.16 bits per heavy atom. The lowest BCUT2D eigenvalue weighted by atomic mass is 10.1. The summed E-state index contributed by atoms with van der Waals surface area (Å²) in [5.74, 6) is -0.000767. The van der Waals surface area contributed by atoms with Crippen LogP contribution in [0.1, 0.15) is 24.1 Å². The van der Waals surface area contributed by atoms with Crippen molar-refractivity contribution in [3.05, 3.63) is 35.4 Å². The highest BCUT2D eigenvalue weighted by Crippen LogP contribution is 2.36. The molecule has 1 aromatic rings. The van der Waals surface area contributed by atoms with Gasteiger partial charge in [0, 0.05) is 11.4 Å². The van der Waals surface area contributed by atoms with Crippen LogP contribution in [0.25, 0.3) is 0 Å². The van der Waals surface area contributed by atoms with E-state index in [0.29, 0.717) is 6.61 Å². The van der Waals surface area contributed by atoms with Crippen LogP contribution in [0, 0.1) is 0 Å². The van der Waals surface area contributed by atoms with E-state index in [9.17, 15) is 8.42 Å². The topological polar surface area (TPSA) is 55.4 Å². The third-order valence-corrected chi connectivity index (χ3v) is 5.34. The van der Waals surface area contributed by atoms with E-state index in [1.807, 2.05) is 31.2 Å². The minimum Gasteiger partial charge on any atom is -0.381 e. The van der Waals surface area contributed by atoms with Crippen molar-refractivity contribution in [2.45, 2.75) is 24.2 Å². The van der Waals surface area contributed by atoms with Crippen LogP contribution >= 0.6 is 15.9 Å². The quantitative estimate of drug-likeness (QED) is 0.632. The van der Waals surface area contributed by atoms with Gasteiger partial charge in [-0.15, -0.1) is 0 Å². The lowest BCUT2D eigenvalue weighted by Crippen LogP contribution is -2.34. The van der Waals surface area contributed by atoms with Crippen LogP contribution in [-0.4, -0.2) is 32.2 Å². The minimum absolute atomic E-state index is 0.000767. The second kappa shape index (κ2) is 6.35. The Kier molecular flexibility index (Phi) is 5.00. The molecule has 106 valence electrons. The van der Waals surface area contributed by atoms with Crippen molar-refractivity contribution in [2.75, 3.05) is 19.0 Å². The fourth-order valence-corrected chi connectivity index (χ4v) is 4.32. The normalized spacial score (nSPS) is 22.4. The lowest BCUT2D eigenvalue weighted by molar-refractivity contribution is 0.163. The summed E-state index contributed by atoms with van der Waals surface area (Å²) in [5.41, 5.74) is 2.26. The number of ether oxygens (including phenoxy) is 1. The SMILES string of the molecule is CCOCCS(=O)(=O)NC1c2ccccc2CC1Br. The van der Waals surface area contributed by atoms with Crippen LogP contribution in [0.4, 0.5) is 0 Å². The third kappa shape index (κ3) is 3.78. The first kappa shape index (κ1) is 15.0. The molecular weight excluding hydrogens is 330 g/mol. The molecule has 1 aliphatic rings. The standard InChI is InChI=1S/C13H18BrNO3S/c1-2-18-7-8-19(16,17)15-13-11-6-4-3-5-10(11)9-12(13)14/h3-6,12-13,15H,2,7-9H2,1H3. The highest BCUT2D eigenvalue weighted by Gasteiger charge is 2.33. The number of halogens is 1. The minimum atomic E-state index is -3.32. The van der Waals surface area contributed by atoms with Crippen molar-refractivity contribution in [2.24, 2.45) is 0 Å². The molecular formula is C13H18BrNO3S. The van der Waals surface area contributed by atoms with Crippen LogP contribution in [0.3, 0.4) is 0 Å². The number of hydrogen-bond donors (Lipinski definition) is 1. The Morgan fingerprint density at radius 1 is 1.42 bits per heavy atom. The fourth-order valence-electron chi connectivity index (χ4n) is 2.25. The molecule has 19 heavy (non-hydrogen) atoms. The van der Waals surface area contributed by atoms with Gasteiger partial charge >= 0.3 is 0 Å². The van der Waals surface area contributed by atoms with E-state index in [1.54, 1.807) is 0 Å². The summed E-state index contributed by atoms with van der Waals surface area (Å²) in [5, 5.41) is 0. The van der Waals surface area contributed by atoms with Gasteiger partial charge in [0.05, 0.1) is 18.4 Å². The molecule has 6 heteroatoms. The summed E-state index contributed by atoms with van der Waals surface area (Å²) in [4.78, 5) is 0.103. The molecule has 4 nitrogen and oxygen atoms in total. The number of nitrogens with one attached hydrogen (secondary N) is 1. The molecule has 0 radical (unpaired) electrons. The van der Waals surface area contributed by atoms with Gasteiger partial charge in [-0.2, -0.15) is 0 Å². The molecule has 1 aliphatic carbocycles. The molecule has 2 unspecified atom stereocenters. The van der Waals surface area contributed by atoms with E-state index in [1.165, 1.54) is 5.56 Å². The van der Waals surface area contributed by atoms with Crippen molar-refractivity contribution < 1.29 is 13.2 Å². The first-order valence-electron chi connectivity index (χ1n) is 6.33. The average Bonchev–Trinajstić information content (AvgIpc) is 2.66. The van der Waals surface area contributed by atoms with Crippen molar-refractivity contribution in [3.8, 4) is 0 Å². The zero-order valence-electron chi connectivity index (χ0n) is 10.8. The number of benzene rings is 1. The number of rotatable bonds is 6. The Hall–Kier alpha value is -0.430. The predicted octanol–water partition coefficient (Wildman–Crippen LogP) is 2.00. The van der Waals surface area contributed by atoms with Gasteiger partial charge in [-0.25, -0.2) is 13.1 Å². The molecule has 0 amide bonds. The maximum Gasteiger partial charge on any atom is 0.214 e. The van der Waals surface area contributed by atoms with E-state index in [-0.39, 0.29) is 23.2 Å². The first-order valence-corrected chi connectivity index (χ1v) is 8.90. The number of sulfonamides is 1. The Bertz CT molecular complexity index is 532. The summed E-state index contributed by atoms with van der Waals surface area (Å²) >= 11 is 3.56. The summed E-state index contributed by atoms with van der Waals surface area (Å²) in [6, 6.07) is 7.74. The Balaban J connectivity index is 2.07. The summed E-state index contributed by atoms with van der Waals surface area (Å²) < 4.78 is 31.9. The van der Waals surface area contributed by atoms with Gasteiger partial charge in [-0.3, -0.25) is 0 Å². The largest absolute Gasteiger partial charge is 0.381 e. The third-order valence-electron chi connectivity index (χ3n) is 3.17. The van der Waals surface area contributed by atoms with Gasteiger partial charge in [0.1, 0.15) is 0 Å². The Morgan fingerprint density at radius 3 is 2.89 bits per heavy atom.